The molecule has 7 heteroatoms. The Bertz CT molecular complexity index is 1340. The predicted octanol–water partition coefficient (Wildman–Crippen LogP) is 5.27. The highest BCUT2D eigenvalue weighted by atomic mass is 16.3. The number of aryl methyl sites for hydroxylation is 1. The molecule has 7 nitrogen and oxygen atoms in total. The van der Waals surface area contributed by atoms with E-state index in [1.807, 2.05) is 30.5 Å². The second kappa shape index (κ2) is 9.34. The monoisotopic (exact) mass is 454 g/mol. The van der Waals surface area contributed by atoms with E-state index in [2.05, 4.69) is 58.0 Å². The molecule has 174 valence electrons. The topological polar surface area (TPSA) is 84.1 Å². The van der Waals surface area contributed by atoms with Gasteiger partial charge in [0.2, 0.25) is 0 Å². The smallest absolute Gasteiger partial charge is 0.138 e. The first-order valence-corrected chi connectivity index (χ1v) is 11.8. The summed E-state index contributed by atoms with van der Waals surface area (Å²) in [6.07, 6.45) is 5.29. The van der Waals surface area contributed by atoms with Crippen LogP contribution in [0.15, 0.2) is 53.3 Å². The molecule has 0 saturated carbocycles. The van der Waals surface area contributed by atoms with Gasteiger partial charge in [0.25, 0.3) is 0 Å². The van der Waals surface area contributed by atoms with E-state index in [4.69, 9.17) is 4.42 Å². The Morgan fingerprint density at radius 3 is 2.71 bits per heavy atom. The van der Waals surface area contributed by atoms with Gasteiger partial charge in [-0.3, -0.25) is 14.8 Å². The Balaban J connectivity index is 1.40. The SMILES string of the molecule is Cc1c(Nc2c(C#N)cncc2-c2ccc(CN3CCN(C(C)C)CC3)o2)ccc2[nH]ccc12. The Morgan fingerprint density at radius 1 is 1.12 bits per heavy atom. The first-order chi connectivity index (χ1) is 16.5. The number of aromatic amines is 1. The summed E-state index contributed by atoms with van der Waals surface area (Å²) in [7, 11) is 0. The number of nitrogens with zero attached hydrogens (tertiary/aromatic N) is 4. The van der Waals surface area contributed by atoms with Crippen molar-refractivity contribution in [1.29, 1.82) is 5.26 Å². The standard InChI is InChI=1S/C27H30N6O/c1-18(2)33-12-10-32(11-13-33)17-21-4-7-26(34-21)23-16-29-15-20(14-28)27(23)31-24-5-6-25-22(19(24)3)8-9-30-25/h4-9,15-16,18,30H,10-13,17H2,1-3H3,(H,29,31). The van der Waals surface area contributed by atoms with Crippen molar-refractivity contribution < 1.29 is 4.42 Å². The van der Waals surface area contributed by atoms with Crippen molar-refractivity contribution in [3.05, 3.63) is 65.8 Å². The highest BCUT2D eigenvalue weighted by Crippen LogP contribution is 2.36. The van der Waals surface area contributed by atoms with Crippen molar-refractivity contribution in [3.8, 4) is 17.4 Å². The van der Waals surface area contributed by atoms with Crippen LogP contribution in [-0.2, 0) is 6.54 Å². The van der Waals surface area contributed by atoms with Crippen molar-refractivity contribution >= 4 is 22.3 Å². The van der Waals surface area contributed by atoms with E-state index in [0.717, 1.165) is 66.2 Å². The molecule has 1 saturated heterocycles. The number of hydrogen-bond donors (Lipinski definition) is 2. The summed E-state index contributed by atoms with van der Waals surface area (Å²) in [6.45, 7) is 11.6. The average molecular weight is 455 g/mol. The second-order valence-corrected chi connectivity index (χ2v) is 9.20. The highest BCUT2D eigenvalue weighted by Gasteiger charge is 2.21. The van der Waals surface area contributed by atoms with E-state index in [0.29, 0.717) is 23.1 Å². The maximum absolute atomic E-state index is 9.78. The lowest BCUT2D eigenvalue weighted by Crippen LogP contribution is -2.48. The Hall–Kier alpha value is -3.60. The van der Waals surface area contributed by atoms with Gasteiger partial charge in [-0.2, -0.15) is 5.26 Å². The minimum absolute atomic E-state index is 0.480. The molecule has 0 amide bonds. The van der Waals surface area contributed by atoms with E-state index in [1.54, 1.807) is 12.4 Å². The molecule has 1 aliphatic rings. The Kier molecular flexibility index (Phi) is 6.10. The molecule has 5 rings (SSSR count). The van der Waals surface area contributed by atoms with Gasteiger partial charge in [0.05, 0.1) is 23.4 Å². The molecule has 2 N–H and O–H groups in total. The number of hydrogen-bond acceptors (Lipinski definition) is 6. The molecule has 3 aromatic heterocycles. The fourth-order valence-electron chi connectivity index (χ4n) is 4.69. The summed E-state index contributed by atoms with van der Waals surface area (Å²) < 4.78 is 6.26. The molecular weight excluding hydrogens is 424 g/mol. The maximum Gasteiger partial charge on any atom is 0.138 e. The first kappa shape index (κ1) is 22.2. The molecule has 1 fully saturated rings. The summed E-state index contributed by atoms with van der Waals surface area (Å²) in [4.78, 5) is 12.5. The number of aromatic nitrogens is 2. The minimum Gasteiger partial charge on any atom is -0.460 e. The number of furan rings is 1. The maximum atomic E-state index is 9.78. The van der Waals surface area contributed by atoms with Gasteiger partial charge in [-0.25, -0.2) is 0 Å². The molecule has 0 spiro atoms. The highest BCUT2D eigenvalue weighted by molar-refractivity contribution is 5.91. The summed E-state index contributed by atoms with van der Waals surface area (Å²) in [5, 5.41) is 14.4. The molecule has 0 unspecified atom stereocenters. The number of nitrogens with one attached hydrogen (secondary N) is 2. The fourth-order valence-corrected chi connectivity index (χ4v) is 4.69. The van der Waals surface area contributed by atoms with Crippen LogP contribution in [0.25, 0.3) is 22.2 Å². The van der Waals surface area contributed by atoms with Crippen LogP contribution in [-0.4, -0.2) is 52.0 Å². The molecule has 1 aromatic carbocycles. The van der Waals surface area contributed by atoms with Crippen molar-refractivity contribution in [2.45, 2.75) is 33.4 Å². The van der Waals surface area contributed by atoms with Gasteiger partial charge in [-0.1, -0.05) is 0 Å². The summed E-state index contributed by atoms with van der Waals surface area (Å²) in [5.74, 6) is 1.63. The largest absolute Gasteiger partial charge is 0.460 e. The summed E-state index contributed by atoms with van der Waals surface area (Å²) >= 11 is 0. The van der Waals surface area contributed by atoms with Crippen LogP contribution in [0, 0.1) is 18.3 Å². The van der Waals surface area contributed by atoms with E-state index < -0.39 is 0 Å². The number of rotatable bonds is 6. The molecule has 34 heavy (non-hydrogen) atoms. The molecule has 0 aliphatic carbocycles. The number of nitriles is 1. The van der Waals surface area contributed by atoms with Gasteiger partial charge in [-0.05, 0) is 56.7 Å². The van der Waals surface area contributed by atoms with Gasteiger partial charge in [0.1, 0.15) is 17.6 Å². The molecular formula is C27H30N6O. The third-order valence-electron chi connectivity index (χ3n) is 6.77. The van der Waals surface area contributed by atoms with Crippen molar-refractivity contribution in [2.75, 3.05) is 31.5 Å². The van der Waals surface area contributed by atoms with Crippen LogP contribution < -0.4 is 5.32 Å². The number of pyridine rings is 1. The third kappa shape index (κ3) is 4.30. The van der Waals surface area contributed by atoms with Crippen molar-refractivity contribution in [1.82, 2.24) is 19.8 Å². The van der Waals surface area contributed by atoms with E-state index >= 15 is 0 Å². The average Bonchev–Trinajstić information content (AvgIpc) is 3.51. The summed E-state index contributed by atoms with van der Waals surface area (Å²) in [5.41, 5.74) is 5.12. The molecule has 0 radical (unpaired) electrons. The van der Waals surface area contributed by atoms with Gasteiger partial charge >= 0.3 is 0 Å². The number of benzene rings is 1. The normalized spacial score (nSPS) is 15.1. The molecule has 4 aromatic rings. The molecule has 0 bridgehead atoms. The predicted molar refractivity (Wildman–Crippen MR) is 135 cm³/mol. The lowest BCUT2D eigenvalue weighted by molar-refractivity contribution is 0.0992. The number of piperazine rings is 1. The summed E-state index contributed by atoms with van der Waals surface area (Å²) in [6, 6.07) is 13.0. The van der Waals surface area contributed by atoms with Crippen LogP contribution in [0.2, 0.25) is 0 Å². The van der Waals surface area contributed by atoms with E-state index in [-0.39, 0.29) is 0 Å². The van der Waals surface area contributed by atoms with Gasteiger partial charge in [0, 0.05) is 67.4 Å². The lowest BCUT2D eigenvalue weighted by atomic mass is 10.1. The number of fused-ring (bicyclic) bond motifs is 1. The molecule has 1 aliphatic heterocycles. The zero-order valence-electron chi connectivity index (χ0n) is 19.9. The van der Waals surface area contributed by atoms with Crippen LogP contribution >= 0.6 is 0 Å². The second-order valence-electron chi connectivity index (χ2n) is 9.20. The lowest BCUT2D eigenvalue weighted by Gasteiger charge is -2.36. The van der Waals surface area contributed by atoms with E-state index in [9.17, 15) is 5.26 Å². The number of anilines is 2. The first-order valence-electron chi connectivity index (χ1n) is 11.8. The van der Waals surface area contributed by atoms with Gasteiger partial charge in [0.15, 0.2) is 0 Å². The zero-order chi connectivity index (χ0) is 23.7. The Labute approximate surface area is 200 Å². The quantitative estimate of drug-likeness (QED) is 0.413. The van der Waals surface area contributed by atoms with Crippen molar-refractivity contribution in [3.63, 3.8) is 0 Å². The van der Waals surface area contributed by atoms with Crippen LogP contribution in [0.3, 0.4) is 0 Å². The van der Waals surface area contributed by atoms with Crippen molar-refractivity contribution in [2.24, 2.45) is 0 Å². The van der Waals surface area contributed by atoms with Crippen LogP contribution in [0.4, 0.5) is 11.4 Å². The van der Waals surface area contributed by atoms with Crippen LogP contribution in [0.1, 0.15) is 30.7 Å². The minimum atomic E-state index is 0.480. The van der Waals surface area contributed by atoms with Crippen LogP contribution in [0.5, 0.6) is 0 Å². The molecule has 4 heterocycles. The van der Waals surface area contributed by atoms with Gasteiger partial charge < -0.3 is 14.7 Å². The van der Waals surface area contributed by atoms with Gasteiger partial charge in [-0.15, -0.1) is 0 Å². The molecule has 0 atom stereocenters. The zero-order valence-corrected chi connectivity index (χ0v) is 19.9. The Morgan fingerprint density at radius 2 is 1.94 bits per heavy atom. The van der Waals surface area contributed by atoms with E-state index in [1.165, 1.54) is 0 Å². The fraction of sp³-hybridized carbons (Fsp3) is 0.333. The number of H-pyrrole nitrogens is 1. The third-order valence-corrected chi connectivity index (χ3v) is 6.77.